The van der Waals surface area contributed by atoms with Gasteiger partial charge in [0.15, 0.2) is 0 Å². The maximum Gasteiger partial charge on any atom is 0.245 e. The van der Waals surface area contributed by atoms with E-state index in [1.54, 1.807) is 12.1 Å². The highest BCUT2D eigenvalue weighted by atomic mass is 31.2. The number of benzene rings is 2. The topological polar surface area (TPSA) is 69.6 Å². The largest absolute Gasteiger partial charge is 0.386 e. The predicted molar refractivity (Wildman–Crippen MR) is 79.4 cm³/mol. The predicted octanol–water partition coefficient (Wildman–Crippen LogP) is 2.70. The first kappa shape index (κ1) is 14.9. The van der Waals surface area contributed by atoms with Crippen LogP contribution in [0.15, 0.2) is 60.7 Å². The molecule has 0 saturated heterocycles. The Bertz CT molecular complexity index is 574. The summed E-state index contributed by atoms with van der Waals surface area (Å²) in [6.45, 7) is 0.463. The van der Waals surface area contributed by atoms with Crippen molar-refractivity contribution in [2.45, 2.75) is 12.3 Å². The van der Waals surface area contributed by atoms with Gasteiger partial charge in [0, 0.05) is 6.54 Å². The third-order valence-electron chi connectivity index (χ3n) is 3.06. The number of nitrogens with one attached hydrogen (secondary N) is 1. The SMILES string of the molecule is O=P(O)(CO)[C@@H](NCc1ccccc1)c1ccccc1. The zero-order valence-corrected chi connectivity index (χ0v) is 11.9. The van der Waals surface area contributed by atoms with Crippen LogP contribution in [0, 0.1) is 0 Å². The molecule has 4 nitrogen and oxygen atoms in total. The molecule has 106 valence electrons. The van der Waals surface area contributed by atoms with E-state index in [0.29, 0.717) is 12.1 Å². The number of hydrogen-bond donors (Lipinski definition) is 3. The van der Waals surface area contributed by atoms with Crippen LogP contribution in [0.5, 0.6) is 0 Å². The maximum atomic E-state index is 12.1. The number of aliphatic hydroxyl groups excluding tert-OH is 1. The molecule has 0 radical (unpaired) electrons. The van der Waals surface area contributed by atoms with Crippen LogP contribution in [0.3, 0.4) is 0 Å². The Hall–Kier alpha value is -1.45. The maximum absolute atomic E-state index is 12.1. The highest BCUT2D eigenvalue weighted by Crippen LogP contribution is 2.52. The van der Waals surface area contributed by atoms with Crippen molar-refractivity contribution in [1.82, 2.24) is 5.32 Å². The molecule has 0 aliphatic heterocycles. The van der Waals surface area contributed by atoms with Crippen LogP contribution in [0.4, 0.5) is 0 Å². The summed E-state index contributed by atoms with van der Waals surface area (Å²) >= 11 is 0. The van der Waals surface area contributed by atoms with Gasteiger partial charge in [-0.3, -0.25) is 9.88 Å². The average Bonchev–Trinajstić information content (AvgIpc) is 2.49. The van der Waals surface area contributed by atoms with Gasteiger partial charge in [0.2, 0.25) is 7.37 Å². The van der Waals surface area contributed by atoms with E-state index in [-0.39, 0.29) is 0 Å². The molecule has 2 atom stereocenters. The van der Waals surface area contributed by atoms with Crippen LogP contribution in [0.25, 0.3) is 0 Å². The molecule has 0 aliphatic rings. The fourth-order valence-electron chi connectivity index (χ4n) is 2.02. The lowest BCUT2D eigenvalue weighted by Gasteiger charge is -2.23. The van der Waals surface area contributed by atoms with Crippen molar-refractivity contribution in [3.8, 4) is 0 Å². The first-order chi connectivity index (χ1) is 9.63. The molecule has 2 aromatic rings. The van der Waals surface area contributed by atoms with Gasteiger partial charge < -0.3 is 10.00 Å². The highest BCUT2D eigenvalue weighted by molar-refractivity contribution is 7.58. The fourth-order valence-corrected chi connectivity index (χ4v) is 3.20. The van der Waals surface area contributed by atoms with Gasteiger partial charge in [0.1, 0.15) is 12.1 Å². The number of aliphatic hydroxyl groups is 1. The van der Waals surface area contributed by atoms with Gasteiger partial charge in [0.25, 0.3) is 0 Å². The van der Waals surface area contributed by atoms with Crippen molar-refractivity contribution in [1.29, 1.82) is 0 Å². The second-order valence-electron chi connectivity index (χ2n) is 4.58. The van der Waals surface area contributed by atoms with E-state index in [2.05, 4.69) is 5.32 Å². The molecule has 2 rings (SSSR count). The van der Waals surface area contributed by atoms with Crippen LogP contribution in [0.2, 0.25) is 0 Å². The number of hydrogen-bond acceptors (Lipinski definition) is 3. The van der Waals surface area contributed by atoms with Crippen molar-refractivity contribution in [2.75, 3.05) is 6.35 Å². The lowest BCUT2D eigenvalue weighted by atomic mass is 10.2. The molecule has 0 fully saturated rings. The number of rotatable bonds is 6. The molecule has 1 unspecified atom stereocenters. The van der Waals surface area contributed by atoms with Crippen molar-refractivity contribution in [3.05, 3.63) is 71.8 Å². The molecular formula is C15H18NO3P. The van der Waals surface area contributed by atoms with Crippen LogP contribution in [0.1, 0.15) is 16.9 Å². The van der Waals surface area contributed by atoms with Gasteiger partial charge in [-0.05, 0) is 11.1 Å². The third kappa shape index (κ3) is 3.78. The van der Waals surface area contributed by atoms with Gasteiger partial charge in [-0.25, -0.2) is 0 Å². The minimum Gasteiger partial charge on any atom is -0.386 e. The van der Waals surface area contributed by atoms with E-state index < -0.39 is 19.5 Å². The Morgan fingerprint density at radius 1 is 1.00 bits per heavy atom. The van der Waals surface area contributed by atoms with Crippen LogP contribution in [-0.2, 0) is 11.1 Å². The molecule has 20 heavy (non-hydrogen) atoms. The summed E-state index contributed by atoms with van der Waals surface area (Å²) in [6.07, 6.45) is -0.742. The molecule has 0 spiro atoms. The van der Waals surface area contributed by atoms with Gasteiger partial charge in [-0.15, -0.1) is 0 Å². The normalized spacial score (nSPS) is 15.5. The zero-order valence-electron chi connectivity index (χ0n) is 11.0. The van der Waals surface area contributed by atoms with Gasteiger partial charge in [-0.2, -0.15) is 0 Å². The van der Waals surface area contributed by atoms with E-state index >= 15 is 0 Å². The Balaban J connectivity index is 2.18. The molecule has 2 aromatic carbocycles. The summed E-state index contributed by atoms with van der Waals surface area (Å²) in [5.74, 6) is -0.770. The lowest BCUT2D eigenvalue weighted by molar-refractivity contribution is 0.324. The summed E-state index contributed by atoms with van der Waals surface area (Å²) in [5.41, 5.74) is 1.72. The first-order valence-corrected chi connectivity index (χ1v) is 8.29. The molecule has 0 aromatic heterocycles. The summed E-state index contributed by atoms with van der Waals surface area (Å²) in [5, 5.41) is 12.2. The Morgan fingerprint density at radius 3 is 2.10 bits per heavy atom. The summed E-state index contributed by atoms with van der Waals surface area (Å²) in [7, 11) is -3.70. The molecule has 0 saturated carbocycles. The minimum absolute atomic E-state index is 0.463. The highest BCUT2D eigenvalue weighted by Gasteiger charge is 2.31. The molecule has 3 N–H and O–H groups in total. The smallest absolute Gasteiger partial charge is 0.245 e. The zero-order chi connectivity index (χ0) is 14.4. The Kier molecular flexibility index (Phi) is 5.10. The van der Waals surface area contributed by atoms with E-state index in [1.807, 2.05) is 48.5 Å². The third-order valence-corrected chi connectivity index (χ3v) is 4.76. The van der Waals surface area contributed by atoms with Gasteiger partial charge in [-0.1, -0.05) is 60.7 Å². The quantitative estimate of drug-likeness (QED) is 0.716. The van der Waals surface area contributed by atoms with E-state index in [0.717, 1.165) is 5.56 Å². The standard InChI is InChI=1S/C15H18NO3P/c17-12-20(18,19)15(14-9-5-2-6-10-14)16-11-13-7-3-1-4-8-13/h1-10,15-17H,11-12H2,(H,18,19)/t15-/m1/s1. The first-order valence-electron chi connectivity index (χ1n) is 6.38. The van der Waals surface area contributed by atoms with Crippen molar-refractivity contribution >= 4 is 7.37 Å². The molecule has 0 amide bonds. The molecule has 0 heterocycles. The van der Waals surface area contributed by atoms with E-state index in [1.165, 1.54) is 0 Å². The van der Waals surface area contributed by atoms with E-state index in [9.17, 15) is 9.46 Å². The van der Waals surface area contributed by atoms with Gasteiger partial charge in [0.05, 0.1) is 0 Å². The van der Waals surface area contributed by atoms with Crippen LogP contribution in [-0.4, -0.2) is 16.3 Å². The molecule has 0 aliphatic carbocycles. The summed E-state index contributed by atoms with van der Waals surface area (Å²) < 4.78 is 12.1. The fraction of sp³-hybridized carbons (Fsp3) is 0.200. The minimum atomic E-state index is -3.70. The monoisotopic (exact) mass is 291 g/mol. The lowest BCUT2D eigenvalue weighted by Crippen LogP contribution is -2.22. The average molecular weight is 291 g/mol. The Labute approximate surface area is 118 Å². The van der Waals surface area contributed by atoms with Crippen LogP contribution < -0.4 is 5.32 Å². The van der Waals surface area contributed by atoms with E-state index in [4.69, 9.17) is 5.11 Å². The second kappa shape index (κ2) is 6.82. The summed E-state index contributed by atoms with van der Waals surface area (Å²) in [4.78, 5) is 9.96. The molecule has 5 heteroatoms. The van der Waals surface area contributed by atoms with Crippen molar-refractivity contribution in [3.63, 3.8) is 0 Å². The summed E-state index contributed by atoms with van der Waals surface area (Å²) in [6, 6.07) is 18.7. The van der Waals surface area contributed by atoms with Crippen LogP contribution >= 0.6 is 7.37 Å². The van der Waals surface area contributed by atoms with Gasteiger partial charge >= 0.3 is 0 Å². The van der Waals surface area contributed by atoms with Crippen molar-refractivity contribution in [2.24, 2.45) is 0 Å². The molecule has 0 bridgehead atoms. The van der Waals surface area contributed by atoms with Crippen molar-refractivity contribution < 1.29 is 14.6 Å². The Morgan fingerprint density at radius 2 is 1.55 bits per heavy atom. The molecular weight excluding hydrogens is 273 g/mol. The second-order valence-corrected chi connectivity index (χ2v) is 6.89.